The molecule has 0 atom stereocenters. The van der Waals surface area contributed by atoms with E-state index in [0.29, 0.717) is 0 Å². The molecule has 0 bridgehead atoms. The lowest BCUT2D eigenvalue weighted by molar-refractivity contribution is -0.131. The van der Waals surface area contributed by atoms with Gasteiger partial charge in [-0.05, 0) is 31.4 Å². The summed E-state index contributed by atoms with van der Waals surface area (Å²) >= 11 is 0. The summed E-state index contributed by atoms with van der Waals surface area (Å²) in [4.78, 5) is 25.5. The molecule has 2 rings (SSSR count). The fourth-order valence-electron chi connectivity index (χ4n) is 2.37. The van der Waals surface area contributed by atoms with Gasteiger partial charge in [0.25, 0.3) is 5.91 Å². The highest BCUT2D eigenvalue weighted by molar-refractivity contribution is 5.95. The summed E-state index contributed by atoms with van der Waals surface area (Å²) in [5, 5.41) is 11.7. The van der Waals surface area contributed by atoms with E-state index >= 15 is 0 Å². The highest BCUT2D eigenvalue weighted by atomic mass is 19.1. The topological polar surface area (TPSA) is 69.6 Å². The van der Waals surface area contributed by atoms with Crippen molar-refractivity contribution in [3.63, 3.8) is 0 Å². The van der Waals surface area contributed by atoms with Crippen LogP contribution in [0.15, 0.2) is 18.2 Å². The molecular formula is C15H19FN2O3. The van der Waals surface area contributed by atoms with Crippen LogP contribution in [0.2, 0.25) is 0 Å². The molecule has 21 heavy (non-hydrogen) atoms. The Morgan fingerprint density at radius 2 is 1.95 bits per heavy atom. The molecule has 0 aromatic heterocycles. The number of halogens is 1. The molecule has 2 N–H and O–H groups in total. The maximum absolute atomic E-state index is 13.5. The Morgan fingerprint density at radius 1 is 1.24 bits per heavy atom. The van der Waals surface area contributed by atoms with Crippen LogP contribution in [0.3, 0.4) is 0 Å². The number of likely N-dealkylation sites (tertiary alicyclic amines) is 1. The Morgan fingerprint density at radius 3 is 2.67 bits per heavy atom. The quantitative estimate of drug-likeness (QED) is 0.887. The van der Waals surface area contributed by atoms with Gasteiger partial charge in [-0.25, -0.2) is 4.39 Å². The molecule has 0 radical (unpaired) electrons. The molecule has 1 aromatic carbocycles. The average molecular weight is 294 g/mol. The molecule has 1 aliphatic heterocycles. The van der Waals surface area contributed by atoms with Crippen LogP contribution in [0.4, 0.5) is 4.39 Å². The van der Waals surface area contributed by atoms with Gasteiger partial charge in [-0.15, -0.1) is 0 Å². The van der Waals surface area contributed by atoms with Gasteiger partial charge in [-0.1, -0.05) is 6.07 Å². The van der Waals surface area contributed by atoms with Crippen molar-refractivity contribution in [1.82, 2.24) is 10.2 Å². The number of phenols is 1. The Balaban J connectivity index is 1.81. The number of carbonyl (C=O) groups excluding carboxylic acids is 2. The number of aromatic hydroxyl groups is 1. The number of carbonyl (C=O) groups is 2. The first kappa shape index (κ1) is 15.3. The number of nitrogens with one attached hydrogen (secondary N) is 1. The summed E-state index contributed by atoms with van der Waals surface area (Å²) in [6.07, 6.45) is 3.39. The van der Waals surface area contributed by atoms with Crippen LogP contribution in [0, 0.1) is 5.82 Å². The molecular weight excluding hydrogens is 275 g/mol. The molecule has 114 valence electrons. The Labute approximate surface area is 122 Å². The van der Waals surface area contributed by atoms with Crippen LogP contribution in [-0.4, -0.2) is 41.5 Å². The van der Waals surface area contributed by atoms with Crippen molar-refractivity contribution in [2.24, 2.45) is 0 Å². The summed E-state index contributed by atoms with van der Waals surface area (Å²) in [5.41, 5.74) is -0.222. The first-order chi connectivity index (χ1) is 10.1. The fourth-order valence-corrected chi connectivity index (χ4v) is 2.37. The molecule has 1 aliphatic rings. The lowest BCUT2D eigenvalue weighted by atomic mass is 10.1. The zero-order valence-corrected chi connectivity index (χ0v) is 11.8. The monoisotopic (exact) mass is 294 g/mol. The summed E-state index contributed by atoms with van der Waals surface area (Å²) in [6, 6.07) is 3.86. The smallest absolute Gasteiger partial charge is 0.254 e. The number of rotatable bonds is 4. The largest absolute Gasteiger partial charge is 0.505 e. The minimum absolute atomic E-state index is 0.00591. The van der Waals surface area contributed by atoms with Crippen molar-refractivity contribution >= 4 is 11.8 Å². The summed E-state index contributed by atoms with van der Waals surface area (Å²) in [7, 11) is 0. The van der Waals surface area contributed by atoms with Crippen molar-refractivity contribution in [3.8, 4) is 5.75 Å². The third kappa shape index (κ3) is 3.93. The van der Waals surface area contributed by atoms with Crippen molar-refractivity contribution in [2.75, 3.05) is 19.6 Å². The number of benzene rings is 1. The van der Waals surface area contributed by atoms with Gasteiger partial charge in [0.15, 0.2) is 11.6 Å². The predicted molar refractivity (Wildman–Crippen MR) is 75.4 cm³/mol. The number of nitrogens with zero attached hydrogens (tertiary/aromatic N) is 1. The number of hydrogen-bond donors (Lipinski definition) is 2. The van der Waals surface area contributed by atoms with Crippen LogP contribution in [0.5, 0.6) is 5.75 Å². The Kier molecular flexibility index (Phi) is 5.14. The molecule has 5 nitrogen and oxygen atoms in total. The molecule has 2 amide bonds. The van der Waals surface area contributed by atoms with Crippen LogP contribution in [0.25, 0.3) is 0 Å². The van der Waals surface area contributed by atoms with Crippen molar-refractivity contribution < 1.29 is 19.1 Å². The zero-order valence-electron chi connectivity index (χ0n) is 11.8. The molecule has 1 fully saturated rings. The first-order valence-electron chi connectivity index (χ1n) is 7.13. The second-order valence-electron chi connectivity index (χ2n) is 5.09. The molecule has 1 heterocycles. The van der Waals surface area contributed by atoms with E-state index in [2.05, 4.69) is 5.32 Å². The lowest BCUT2D eigenvalue weighted by Crippen LogP contribution is -2.37. The maximum Gasteiger partial charge on any atom is 0.254 e. The number of piperidine rings is 1. The zero-order chi connectivity index (χ0) is 15.2. The molecule has 1 aromatic rings. The van der Waals surface area contributed by atoms with Gasteiger partial charge in [0.1, 0.15) is 0 Å². The highest BCUT2D eigenvalue weighted by Gasteiger charge is 2.17. The number of amides is 2. The van der Waals surface area contributed by atoms with E-state index in [4.69, 9.17) is 0 Å². The van der Waals surface area contributed by atoms with Gasteiger partial charge in [-0.2, -0.15) is 0 Å². The van der Waals surface area contributed by atoms with Crippen molar-refractivity contribution in [3.05, 3.63) is 29.6 Å². The van der Waals surface area contributed by atoms with Crippen LogP contribution >= 0.6 is 0 Å². The van der Waals surface area contributed by atoms with Crippen LogP contribution < -0.4 is 5.32 Å². The first-order valence-corrected chi connectivity index (χ1v) is 7.13. The van der Waals surface area contributed by atoms with E-state index in [1.807, 2.05) is 0 Å². The minimum Gasteiger partial charge on any atom is -0.505 e. The van der Waals surface area contributed by atoms with E-state index in [1.165, 1.54) is 18.2 Å². The molecule has 0 aliphatic carbocycles. The number of hydrogen-bond acceptors (Lipinski definition) is 3. The van der Waals surface area contributed by atoms with Gasteiger partial charge in [0.2, 0.25) is 5.91 Å². The normalized spacial score (nSPS) is 14.8. The third-order valence-electron chi connectivity index (χ3n) is 3.56. The minimum atomic E-state index is -0.947. The van der Waals surface area contributed by atoms with Crippen LogP contribution in [-0.2, 0) is 4.79 Å². The van der Waals surface area contributed by atoms with Gasteiger partial charge in [0.05, 0.1) is 5.56 Å². The molecule has 0 spiro atoms. The molecule has 0 saturated carbocycles. The van der Waals surface area contributed by atoms with Crippen molar-refractivity contribution in [2.45, 2.75) is 25.7 Å². The van der Waals surface area contributed by atoms with E-state index in [0.717, 1.165) is 32.4 Å². The second-order valence-corrected chi connectivity index (χ2v) is 5.09. The van der Waals surface area contributed by atoms with E-state index < -0.39 is 17.5 Å². The van der Waals surface area contributed by atoms with Gasteiger partial charge < -0.3 is 15.3 Å². The summed E-state index contributed by atoms with van der Waals surface area (Å²) in [6.45, 7) is 1.70. The van der Waals surface area contributed by atoms with Gasteiger partial charge in [0, 0.05) is 26.1 Å². The maximum atomic E-state index is 13.5. The number of phenolic OH excluding ortho intramolecular Hbond substituents is 1. The third-order valence-corrected chi connectivity index (χ3v) is 3.56. The van der Waals surface area contributed by atoms with Crippen molar-refractivity contribution in [1.29, 1.82) is 0 Å². The Bertz CT molecular complexity index is 528. The van der Waals surface area contributed by atoms with Gasteiger partial charge in [-0.3, -0.25) is 9.59 Å². The summed E-state index contributed by atoms with van der Waals surface area (Å²) < 4.78 is 13.5. The fraction of sp³-hybridized carbons (Fsp3) is 0.467. The molecule has 1 saturated heterocycles. The highest BCUT2D eigenvalue weighted by Crippen LogP contribution is 2.18. The van der Waals surface area contributed by atoms with E-state index in [1.54, 1.807) is 4.90 Å². The standard InChI is InChI=1S/C15H19FN2O3/c16-14-11(5-4-6-12(14)19)15(21)17-8-7-13(20)18-9-2-1-3-10-18/h4-6,19H,1-3,7-10H2,(H,17,21). The van der Waals surface area contributed by atoms with Crippen LogP contribution in [0.1, 0.15) is 36.0 Å². The molecule has 0 unspecified atom stereocenters. The SMILES string of the molecule is O=C(NCCC(=O)N1CCCCC1)c1cccc(O)c1F. The Hall–Kier alpha value is -2.11. The molecule has 6 heteroatoms. The van der Waals surface area contributed by atoms with Gasteiger partial charge >= 0.3 is 0 Å². The predicted octanol–water partition coefficient (Wildman–Crippen LogP) is 1.66. The van der Waals surface area contributed by atoms with E-state index in [9.17, 15) is 19.1 Å². The second kappa shape index (κ2) is 7.06. The van der Waals surface area contributed by atoms with E-state index in [-0.39, 0.29) is 24.4 Å². The summed E-state index contributed by atoms with van der Waals surface area (Å²) in [5.74, 6) is -2.13. The lowest BCUT2D eigenvalue weighted by Gasteiger charge is -2.26. The average Bonchev–Trinajstić information content (AvgIpc) is 2.50.